The van der Waals surface area contributed by atoms with Gasteiger partial charge in [0, 0.05) is 10.2 Å². The molecule has 0 bridgehead atoms. The summed E-state index contributed by atoms with van der Waals surface area (Å²) in [4.78, 5) is 0. The zero-order valence-electron chi connectivity index (χ0n) is 9.68. The molecular weight excluding hydrogens is 334 g/mol. The highest BCUT2D eigenvalue weighted by molar-refractivity contribution is 9.10. The number of hydrogen-bond acceptors (Lipinski definition) is 3. The molecule has 2 aromatic rings. The van der Waals surface area contributed by atoms with E-state index in [4.69, 9.17) is 0 Å². The van der Waals surface area contributed by atoms with Crippen LogP contribution < -0.4 is 4.72 Å². The summed E-state index contributed by atoms with van der Waals surface area (Å²) in [6.45, 7) is 2.06. The van der Waals surface area contributed by atoms with Crippen LogP contribution in [0.15, 0.2) is 44.4 Å². The van der Waals surface area contributed by atoms with Gasteiger partial charge in [0.1, 0.15) is 0 Å². The number of halogens is 1. The van der Waals surface area contributed by atoms with Gasteiger partial charge in [0.15, 0.2) is 4.21 Å². The molecule has 0 saturated heterocycles. The molecule has 2 rings (SSSR count). The van der Waals surface area contributed by atoms with E-state index < -0.39 is 10.0 Å². The van der Waals surface area contributed by atoms with Crippen molar-refractivity contribution in [3.05, 3.63) is 45.7 Å². The maximum absolute atomic E-state index is 12.1. The lowest BCUT2D eigenvalue weighted by Crippen LogP contribution is -2.11. The quantitative estimate of drug-likeness (QED) is 0.913. The first kappa shape index (κ1) is 13.6. The Morgan fingerprint density at radius 1 is 1.22 bits per heavy atom. The van der Waals surface area contributed by atoms with E-state index in [0.717, 1.165) is 6.42 Å². The standard InChI is InChI=1S/C12H12BrNO2S2/c1-2-9-3-5-10(6-4-9)14-18(15,16)12-11(13)7-8-17-12/h3-8,14H,2H2,1H3. The van der Waals surface area contributed by atoms with Gasteiger partial charge in [0.2, 0.25) is 0 Å². The average molecular weight is 346 g/mol. The summed E-state index contributed by atoms with van der Waals surface area (Å²) in [5.74, 6) is 0. The van der Waals surface area contributed by atoms with Gasteiger partial charge < -0.3 is 0 Å². The molecule has 0 aliphatic rings. The fourth-order valence-electron chi connectivity index (χ4n) is 1.48. The van der Waals surface area contributed by atoms with Crippen LogP contribution in [0, 0.1) is 0 Å². The van der Waals surface area contributed by atoms with Crippen LogP contribution >= 0.6 is 27.3 Å². The maximum atomic E-state index is 12.1. The van der Waals surface area contributed by atoms with Gasteiger partial charge in [-0.25, -0.2) is 8.42 Å². The average Bonchev–Trinajstić information content (AvgIpc) is 2.77. The third kappa shape index (κ3) is 2.93. The molecular formula is C12H12BrNO2S2. The SMILES string of the molecule is CCc1ccc(NS(=O)(=O)c2sccc2Br)cc1. The molecule has 1 N–H and O–H groups in total. The molecule has 0 amide bonds. The maximum Gasteiger partial charge on any atom is 0.272 e. The number of benzene rings is 1. The topological polar surface area (TPSA) is 46.2 Å². The lowest BCUT2D eigenvalue weighted by molar-refractivity contribution is 0.603. The lowest BCUT2D eigenvalue weighted by Gasteiger charge is -2.07. The van der Waals surface area contributed by atoms with Crippen LogP contribution in [-0.4, -0.2) is 8.42 Å². The van der Waals surface area contributed by atoms with Crippen LogP contribution in [0.25, 0.3) is 0 Å². The van der Waals surface area contributed by atoms with E-state index >= 15 is 0 Å². The number of hydrogen-bond donors (Lipinski definition) is 1. The van der Waals surface area contributed by atoms with Crippen LogP contribution in [-0.2, 0) is 16.4 Å². The molecule has 0 atom stereocenters. The number of thiophene rings is 1. The highest BCUT2D eigenvalue weighted by Gasteiger charge is 2.18. The van der Waals surface area contributed by atoms with Crippen LogP contribution in [0.2, 0.25) is 0 Å². The molecule has 1 heterocycles. The minimum atomic E-state index is -3.50. The van der Waals surface area contributed by atoms with Crippen molar-refractivity contribution in [1.29, 1.82) is 0 Å². The summed E-state index contributed by atoms with van der Waals surface area (Å²) < 4.78 is 27.7. The Labute approximate surface area is 119 Å². The Morgan fingerprint density at radius 2 is 1.89 bits per heavy atom. The molecule has 0 aliphatic heterocycles. The van der Waals surface area contributed by atoms with Gasteiger partial charge >= 0.3 is 0 Å². The van der Waals surface area contributed by atoms with Crippen molar-refractivity contribution in [2.24, 2.45) is 0 Å². The van der Waals surface area contributed by atoms with Crippen molar-refractivity contribution in [3.8, 4) is 0 Å². The fraction of sp³-hybridized carbons (Fsp3) is 0.167. The monoisotopic (exact) mass is 345 g/mol. The molecule has 1 aromatic carbocycles. The molecule has 96 valence electrons. The smallest absolute Gasteiger partial charge is 0.272 e. The number of aryl methyl sites for hydroxylation is 1. The molecule has 0 saturated carbocycles. The summed E-state index contributed by atoms with van der Waals surface area (Å²) in [5, 5.41) is 1.73. The summed E-state index contributed by atoms with van der Waals surface area (Å²) in [6.07, 6.45) is 0.934. The van der Waals surface area contributed by atoms with Crippen molar-refractivity contribution >= 4 is 43.0 Å². The van der Waals surface area contributed by atoms with Crippen LogP contribution in [0.4, 0.5) is 5.69 Å². The predicted molar refractivity (Wildman–Crippen MR) is 78.6 cm³/mol. The van der Waals surface area contributed by atoms with E-state index in [1.807, 2.05) is 12.1 Å². The Bertz CT molecular complexity index is 632. The van der Waals surface area contributed by atoms with Gasteiger partial charge in [-0.2, -0.15) is 0 Å². The lowest BCUT2D eigenvalue weighted by atomic mass is 10.2. The van der Waals surface area contributed by atoms with Gasteiger partial charge in [-0.05, 0) is 51.5 Å². The number of rotatable bonds is 4. The number of anilines is 1. The minimum Gasteiger partial charge on any atom is -0.279 e. The molecule has 6 heteroatoms. The highest BCUT2D eigenvalue weighted by atomic mass is 79.9. The normalized spacial score (nSPS) is 11.4. The van der Waals surface area contributed by atoms with Gasteiger partial charge in [-0.1, -0.05) is 19.1 Å². The third-order valence-electron chi connectivity index (χ3n) is 2.44. The first-order chi connectivity index (χ1) is 8.53. The summed E-state index contributed by atoms with van der Waals surface area (Å²) in [6, 6.07) is 9.11. The molecule has 0 fully saturated rings. The van der Waals surface area contributed by atoms with Crippen molar-refractivity contribution < 1.29 is 8.42 Å². The number of sulfonamides is 1. The van der Waals surface area contributed by atoms with Crippen molar-refractivity contribution in [1.82, 2.24) is 0 Å². The van der Waals surface area contributed by atoms with Crippen LogP contribution in [0.3, 0.4) is 0 Å². The zero-order chi connectivity index (χ0) is 13.2. The third-order valence-corrected chi connectivity index (χ3v) is 6.49. The van der Waals surface area contributed by atoms with E-state index in [1.165, 1.54) is 16.9 Å². The van der Waals surface area contributed by atoms with Crippen LogP contribution in [0.1, 0.15) is 12.5 Å². The van der Waals surface area contributed by atoms with E-state index in [1.54, 1.807) is 23.6 Å². The van der Waals surface area contributed by atoms with Crippen molar-refractivity contribution in [3.63, 3.8) is 0 Å². The first-order valence-corrected chi connectivity index (χ1v) is 8.53. The van der Waals surface area contributed by atoms with E-state index in [-0.39, 0.29) is 0 Å². The Morgan fingerprint density at radius 3 is 2.39 bits per heavy atom. The summed E-state index contributed by atoms with van der Waals surface area (Å²) in [7, 11) is -3.50. The summed E-state index contributed by atoms with van der Waals surface area (Å²) >= 11 is 4.42. The molecule has 1 aromatic heterocycles. The van der Waals surface area contributed by atoms with Gasteiger partial charge in [-0.15, -0.1) is 11.3 Å². The Kier molecular flexibility index (Phi) is 4.09. The first-order valence-electron chi connectivity index (χ1n) is 5.37. The van der Waals surface area contributed by atoms with Gasteiger partial charge in [0.05, 0.1) is 0 Å². The molecule has 0 spiro atoms. The predicted octanol–water partition coefficient (Wildman–Crippen LogP) is 3.87. The molecule has 0 unspecified atom stereocenters. The molecule has 18 heavy (non-hydrogen) atoms. The van der Waals surface area contributed by atoms with E-state index in [0.29, 0.717) is 14.4 Å². The zero-order valence-corrected chi connectivity index (χ0v) is 12.9. The van der Waals surface area contributed by atoms with E-state index in [9.17, 15) is 8.42 Å². The number of nitrogens with one attached hydrogen (secondary N) is 1. The van der Waals surface area contributed by atoms with Crippen LogP contribution in [0.5, 0.6) is 0 Å². The molecule has 0 aliphatic carbocycles. The van der Waals surface area contributed by atoms with Gasteiger partial charge in [0.25, 0.3) is 10.0 Å². The second-order valence-corrected chi connectivity index (χ2v) is 7.36. The summed E-state index contributed by atoms with van der Waals surface area (Å²) in [5.41, 5.74) is 1.75. The van der Waals surface area contributed by atoms with Crippen molar-refractivity contribution in [2.75, 3.05) is 4.72 Å². The highest BCUT2D eigenvalue weighted by Crippen LogP contribution is 2.29. The second kappa shape index (κ2) is 5.42. The second-order valence-electron chi connectivity index (χ2n) is 3.71. The van der Waals surface area contributed by atoms with Crippen molar-refractivity contribution in [2.45, 2.75) is 17.6 Å². The van der Waals surface area contributed by atoms with E-state index in [2.05, 4.69) is 27.6 Å². The Hall–Kier alpha value is -0.850. The van der Waals surface area contributed by atoms with Gasteiger partial charge in [-0.3, -0.25) is 4.72 Å². The Balaban J connectivity index is 2.25. The largest absolute Gasteiger partial charge is 0.279 e. The molecule has 3 nitrogen and oxygen atoms in total. The molecule has 0 radical (unpaired) electrons. The fourth-order valence-corrected chi connectivity index (χ4v) is 4.88. The minimum absolute atomic E-state index is 0.294.